The Morgan fingerprint density at radius 2 is 0.574 bits per heavy atom. The van der Waals surface area contributed by atoms with Gasteiger partial charge in [0.15, 0.2) is 6.10 Å². The minimum atomic E-state index is -0.772. The first-order chi connectivity index (χ1) is 33.5. The fraction of sp³-hybridized carbons (Fsp3) is 0.855. The van der Waals surface area contributed by atoms with Crippen molar-refractivity contribution in [3.05, 3.63) is 36.5 Å². The Morgan fingerprint density at radius 1 is 0.309 bits per heavy atom. The van der Waals surface area contributed by atoms with Crippen molar-refractivity contribution in [2.24, 2.45) is 0 Å². The smallest absolute Gasteiger partial charge is 0.306 e. The van der Waals surface area contributed by atoms with Crippen molar-refractivity contribution in [2.45, 2.75) is 329 Å². The molecule has 0 aliphatic rings. The second-order valence-corrected chi connectivity index (χ2v) is 20.2. The van der Waals surface area contributed by atoms with Crippen LogP contribution < -0.4 is 0 Å². The van der Waals surface area contributed by atoms with E-state index in [1.54, 1.807) is 0 Å². The number of ether oxygens (including phenoxy) is 3. The third-order valence-electron chi connectivity index (χ3n) is 13.4. The normalized spacial score (nSPS) is 12.2. The second-order valence-electron chi connectivity index (χ2n) is 20.2. The molecular formula is C62H114O6. The largest absolute Gasteiger partial charge is 0.462 e. The first-order valence-corrected chi connectivity index (χ1v) is 30.0. The summed E-state index contributed by atoms with van der Waals surface area (Å²) in [4.78, 5) is 38.2. The zero-order valence-electron chi connectivity index (χ0n) is 45.6. The first-order valence-electron chi connectivity index (χ1n) is 30.0. The molecule has 0 saturated heterocycles. The number of carbonyl (C=O) groups excluding carboxylic acids is 3. The molecule has 0 bridgehead atoms. The van der Waals surface area contributed by atoms with Gasteiger partial charge >= 0.3 is 17.9 Å². The van der Waals surface area contributed by atoms with Crippen LogP contribution in [0.3, 0.4) is 0 Å². The topological polar surface area (TPSA) is 78.9 Å². The maximum absolute atomic E-state index is 12.9. The molecule has 0 aromatic heterocycles. The van der Waals surface area contributed by atoms with Gasteiger partial charge < -0.3 is 14.2 Å². The summed E-state index contributed by atoms with van der Waals surface area (Å²) in [6.45, 7) is 6.58. The molecule has 68 heavy (non-hydrogen) atoms. The van der Waals surface area contributed by atoms with Gasteiger partial charge in [-0.25, -0.2) is 0 Å². The Bertz CT molecular complexity index is 1140. The minimum Gasteiger partial charge on any atom is -0.462 e. The molecule has 0 aromatic rings. The molecule has 6 nitrogen and oxygen atoms in total. The fourth-order valence-electron chi connectivity index (χ4n) is 8.93. The van der Waals surface area contributed by atoms with E-state index in [-0.39, 0.29) is 31.1 Å². The summed E-state index contributed by atoms with van der Waals surface area (Å²) < 4.78 is 16.9. The summed E-state index contributed by atoms with van der Waals surface area (Å²) in [5.41, 5.74) is 0. The van der Waals surface area contributed by atoms with Crippen LogP contribution in [0, 0.1) is 0 Å². The van der Waals surface area contributed by atoms with Gasteiger partial charge in [0.1, 0.15) is 13.2 Å². The first kappa shape index (κ1) is 65.6. The molecule has 1 unspecified atom stereocenters. The Labute approximate surface area is 423 Å². The maximum atomic E-state index is 12.9. The van der Waals surface area contributed by atoms with Crippen LogP contribution in [0.4, 0.5) is 0 Å². The average Bonchev–Trinajstić information content (AvgIpc) is 3.34. The van der Waals surface area contributed by atoms with E-state index < -0.39 is 6.10 Å². The molecule has 0 rings (SSSR count). The van der Waals surface area contributed by atoms with Crippen molar-refractivity contribution in [1.82, 2.24) is 0 Å². The van der Waals surface area contributed by atoms with E-state index >= 15 is 0 Å². The summed E-state index contributed by atoms with van der Waals surface area (Å²) in [5.74, 6) is -0.857. The van der Waals surface area contributed by atoms with Gasteiger partial charge in [-0.05, 0) is 51.4 Å². The molecule has 0 saturated carbocycles. The lowest BCUT2D eigenvalue weighted by molar-refractivity contribution is -0.167. The summed E-state index contributed by atoms with van der Waals surface area (Å²) >= 11 is 0. The molecule has 0 aromatic carbocycles. The van der Waals surface area contributed by atoms with Gasteiger partial charge in [0.2, 0.25) is 0 Å². The van der Waals surface area contributed by atoms with Gasteiger partial charge in [-0.3, -0.25) is 14.4 Å². The van der Waals surface area contributed by atoms with Gasteiger partial charge in [-0.1, -0.05) is 288 Å². The van der Waals surface area contributed by atoms with Crippen molar-refractivity contribution in [3.63, 3.8) is 0 Å². The summed E-state index contributed by atoms with van der Waals surface area (Å²) in [5, 5.41) is 0. The van der Waals surface area contributed by atoms with Gasteiger partial charge in [0, 0.05) is 19.3 Å². The second kappa shape index (κ2) is 57.2. The molecule has 398 valence electrons. The SMILES string of the molecule is CC/C=C\C/C=C\C/C=C\CCCCCCCCCC(=O)OCC(COC(=O)CCCCCCCCCCCCCCCCCC)OC(=O)CCCCCCCCCCCCCCCCCCC. The molecule has 0 spiro atoms. The van der Waals surface area contributed by atoms with Crippen molar-refractivity contribution >= 4 is 17.9 Å². The number of hydrogen-bond donors (Lipinski definition) is 0. The van der Waals surface area contributed by atoms with Crippen molar-refractivity contribution in [2.75, 3.05) is 13.2 Å². The molecular weight excluding hydrogens is 841 g/mol. The predicted octanol–water partition coefficient (Wildman–Crippen LogP) is 20.0. The van der Waals surface area contributed by atoms with Crippen LogP contribution in [0.15, 0.2) is 36.5 Å². The van der Waals surface area contributed by atoms with Crippen LogP contribution in [0.1, 0.15) is 323 Å². The van der Waals surface area contributed by atoms with E-state index in [0.29, 0.717) is 19.3 Å². The highest BCUT2D eigenvalue weighted by molar-refractivity contribution is 5.71. The van der Waals surface area contributed by atoms with Crippen LogP contribution in [0.2, 0.25) is 0 Å². The van der Waals surface area contributed by atoms with E-state index in [4.69, 9.17) is 14.2 Å². The third kappa shape index (κ3) is 54.6. The number of carbonyl (C=O) groups is 3. The molecule has 0 N–H and O–H groups in total. The molecule has 0 aliphatic heterocycles. The lowest BCUT2D eigenvalue weighted by atomic mass is 10.0. The third-order valence-corrected chi connectivity index (χ3v) is 13.4. The maximum Gasteiger partial charge on any atom is 0.306 e. The molecule has 0 amide bonds. The number of unbranched alkanes of at least 4 members (excludes halogenated alkanes) is 38. The molecule has 1 atom stereocenters. The van der Waals surface area contributed by atoms with E-state index in [0.717, 1.165) is 83.5 Å². The van der Waals surface area contributed by atoms with Crippen LogP contribution in [0.25, 0.3) is 0 Å². The highest BCUT2D eigenvalue weighted by Gasteiger charge is 2.19. The highest BCUT2D eigenvalue weighted by atomic mass is 16.6. The van der Waals surface area contributed by atoms with E-state index in [1.807, 2.05) is 0 Å². The van der Waals surface area contributed by atoms with Gasteiger partial charge in [0.05, 0.1) is 0 Å². The summed E-state index contributed by atoms with van der Waals surface area (Å²) in [7, 11) is 0. The summed E-state index contributed by atoms with van der Waals surface area (Å²) in [6, 6.07) is 0. The van der Waals surface area contributed by atoms with E-state index in [1.165, 1.54) is 199 Å². The number of rotatable bonds is 55. The number of allylic oxidation sites excluding steroid dienone is 6. The monoisotopic (exact) mass is 955 g/mol. The van der Waals surface area contributed by atoms with Gasteiger partial charge in [-0.2, -0.15) is 0 Å². The van der Waals surface area contributed by atoms with Gasteiger partial charge in [0.25, 0.3) is 0 Å². The number of hydrogen-bond acceptors (Lipinski definition) is 6. The van der Waals surface area contributed by atoms with E-state index in [9.17, 15) is 14.4 Å². The quantitative estimate of drug-likeness (QED) is 0.0262. The lowest BCUT2D eigenvalue weighted by Gasteiger charge is -2.18. The molecule has 6 heteroatoms. The highest BCUT2D eigenvalue weighted by Crippen LogP contribution is 2.17. The summed E-state index contributed by atoms with van der Waals surface area (Å²) in [6.07, 6.45) is 68.5. The Balaban J connectivity index is 4.34. The lowest BCUT2D eigenvalue weighted by Crippen LogP contribution is -2.30. The van der Waals surface area contributed by atoms with Crippen LogP contribution in [0.5, 0.6) is 0 Å². The Kier molecular flexibility index (Phi) is 55.2. The van der Waals surface area contributed by atoms with Gasteiger partial charge in [-0.15, -0.1) is 0 Å². The fourth-order valence-corrected chi connectivity index (χ4v) is 8.93. The Hall–Kier alpha value is -2.37. The Morgan fingerprint density at radius 3 is 0.897 bits per heavy atom. The zero-order chi connectivity index (χ0) is 49.3. The average molecular weight is 956 g/mol. The van der Waals surface area contributed by atoms with Crippen LogP contribution in [-0.4, -0.2) is 37.2 Å². The molecule has 0 radical (unpaired) electrons. The van der Waals surface area contributed by atoms with Crippen molar-refractivity contribution < 1.29 is 28.6 Å². The van der Waals surface area contributed by atoms with Crippen LogP contribution >= 0.6 is 0 Å². The van der Waals surface area contributed by atoms with Crippen LogP contribution in [-0.2, 0) is 28.6 Å². The minimum absolute atomic E-state index is 0.0699. The molecule has 0 heterocycles. The molecule has 0 aliphatic carbocycles. The van der Waals surface area contributed by atoms with E-state index in [2.05, 4.69) is 57.2 Å². The van der Waals surface area contributed by atoms with Crippen molar-refractivity contribution in [3.8, 4) is 0 Å². The molecule has 0 fully saturated rings. The number of esters is 3. The van der Waals surface area contributed by atoms with Crippen molar-refractivity contribution in [1.29, 1.82) is 0 Å². The zero-order valence-corrected chi connectivity index (χ0v) is 45.6. The predicted molar refractivity (Wildman–Crippen MR) is 293 cm³/mol. The standard InChI is InChI=1S/C62H114O6/c1-4-7-10-13-16-19-22-25-28-31-34-37-40-43-46-49-52-55-61(64)67-58-59(57-66-60(63)54-51-48-45-42-39-36-33-30-27-24-21-18-15-12-9-6-3)68-62(65)56-53-50-47-44-41-38-35-32-29-26-23-20-17-14-11-8-5-2/h7,10,16,19,25,28,59H,4-6,8-9,11-15,17-18,20-24,26-27,29-58H2,1-3H3/b10-7-,19-16-,28-25-.